The van der Waals surface area contributed by atoms with Crippen molar-refractivity contribution in [3.63, 3.8) is 0 Å². The maximum Gasteiger partial charge on any atom is 0.181 e. The first-order chi connectivity index (χ1) is 66.3. The molecule has 0 aliphatic carbocycles. The lowest BCUT2D eigenvalue weighted by Crippen LogP contribution is -2.11. The molecule has 664 valence electrons. The van der Waals surface area contributed by atoms with E-state index < -0.39 is 0 Å². The molecule has 136 heavy (non-hydrogen) atoms. The Morgan fingerprint density at radius 3 is 0.985 bits per heavy atom. The highest BCUT2D eigenvalue weighted by Crippen LogP contribution is 2.42. The van der Waals surface area contributed by atoms with Crippen molar-refractivity contribution >= 4 is 168 Å². The Morgan fingerprint density at radius 2 is 0.662 bits per heavy atom. The van der Waals surface area contributed by atoms with Gasteiger partial charge in [0.2, 0.25) is 0 Å². The van der Waals surface area contributed by atoms with Gasteiger partial charge in [0.1, 0.15) is 44.8 Å². The molecule has 0 aromatic carbocycles. The summed E-state index contributed by atoms with van der Waals surface area (Å²) in [6, 6.07) is 33.1. The van der Waals surface area contributed by atoms with E-state index in [4.69, 9.17) is 25.7 Å². The number of nitrogen functional groups attached to an aromatic ring is 1. The van der Waals surface area contributed by atoms with Crippen molar-refractivity contribution in [1.29, 1.82) is 0 Å². The van der Waals surface area contributed by atoms with Crippen LogP contribution in [0.5, 0.6) is 0 Å². The van der Waals surface area contributed by atoms with Crippen LogP contribution in [0.2, 0.25) is 0 Å². The fourth-order valence-electron chi connectivity index (χ4n) is 15.6. The Balaban J connectivity index is 0.000000109. The number of aromatic nitrogens is 28. The minimum absolute atomic E-state index is 0.0386. The average molecular weight is 1870 g/mol. The number of nitrogens with two attached hydrogens (primary N) is 1. The number of carbonyl (C=O) groups excluding carboxylic acids is 4. The van der Waals surface area contributed by atoms with E-state index in [-0.39, 0.29) is 23.1 Å². The van der Waals surface area contributed by atoms with Gasteiger partial charge in [0.15, 0.2) is 69.0 Å². The third-order valence-corrected chi connectivity index (χ3v) is 27.3. The lowest BCUT2D eigenvalue weighted by atomic mass is 10.1. The van der Waals surface area contributed by atoms with Gasteiger partial charge in [-0.05, 0) is 137 Å². The van der Waals surface area contributed by atoms with Gasteiger partial charge >= 0.3 is 0 Å². The number of Topliss-reactive ketones (excluding diaryl/α,β-unsaturated/α-hetero) is 4. The lowest BCUT2D eigenvalue weighted by molar-refractivity contribution is 0.101. The Hall–Kier alpha value is -17.4. The number of imidazole rings is 4. The average Bonchev–Trinajstić information content (AvgIpc) is 1.63. The largest absolute Gasteiger partial charge is 0.397 e. The van der Waals surface area contributed by atoms with Crippen LogP contribution < -0.4 is 16.0 Å². The van der Waals surface area contributed by atoms with Crippen LogP contribution in [-0.2, 0) is 6.54 Å². The number of nitrogens with zero attached hydrogens (tertiary/aromatic N) is 21. The first-order valence-electron chi connectivity index (χ1n) is 42.4. The number of pyridine rings is 12. The molecule has 0 unspecified atom stereocenters. The smallest absolute Gasteiger partial charge is 0.181 e. The number of nitrogens with one attached hydrogen (secondary N) is 9. The van der Waals surface area contributed by atoms with Gasteiger partial charge in [-0.1, -0.05) is 13.0 Å². The number of hydrogen-bond donors (Lipinski definition) is 10. The first kappa shape index (κ1) is 85.4. The Morgan fingerprint density at radius 1 is 0.346 bits per heavy atom. The van der Waals surface area contributed by atoms with Crippen LogP contribution in [0.25, 0.3) is 221 Å². The summed E-state index contributed by atoms with van der Waals surface area (Å²) >= 11 is 5.75. The molecular formula is C97H73N31O4S4. The fourth-order valence-corrected chi connectivity index (χ4v) is 19.2. The van der Waals surface area contributed by atoms with Gasteiger partial charge < -0.3 is 35.9 Å². The number of ketones is 4. The highest BCUT2D eigenvalue weighted by molar-refractivity contribution is 7.18. The topological polar surface area (TPSA) is 494 Å². The molecule has 0 amide bonds. The number of anilines is 2. The monoisotopic (exact) mass is 1860 g/mol. The van der Waals surface area contributed by atoms with Crippen LogP contribution in [0.3, 0.4) is 0 Å². The van der Waals surface area contributed by atoms with E-state index in [1.807, 2.05) is 135 Å². The fraction of sp³-hybridized carbons (Fsp3) is 0.0928. The van der Waals surface area contributed by atoms with Gasteiger partial charge in [-0.2, -0.15) is 20.4 Å². The molecule has 0 atom stereocenters. The van der Waals surface area contributed by atoms with Crippen molar-refractivity contribution in [1.82, 2.24) is 146 Å². The lowest BCUT2D eigenvalue weighted by Gasteiger charge is -2.12. The summed E-state index contributed by atoms with van der Waals surface area (Å²) in [7, 11) is 3.97. The van der Waals surface area contributed by atoms with Crippen molar-refractivity contribution in [2.45, 2.75) is 41.2 Å². The Kier molecular flexibility index (Phi) is 22.6. The third kappa shape index (κ3) is 16.8. The maximum absolute atomic E-state index is 11.8. The summed E-state index contributed by atoms with van der Waals surface area (Å²) in [6.07, 6.45) is 35.5. The van der Waals surface area contributed by atoms with Crippen molar-refractivity contribution in [2.24, 2.45) is 0 Å². The van der Waals surface area contributed by atoms with Crippen LogP contribution in [0.15, 0.2) is 227 Å². The Bertz CT molecular complexity index is 8760. The Labute approximate surface area is 784 Å². The van der Waals surface area contributed by atoms with E-state index in [2.05, 4.69) is 151 Å². The molecule has 0 bridgehead atoms. The second-order valence-corrected chi connectivity index (χ2v) is 36.1. The van der Waals surface area contributed by atoms with Crippen molar-refractivity contribution in [3.05, 3.63) is 252 Å². The van der Waals surface area contributed by atoms with Crippen molar-refractivity contribution in [2.75, 3.05) is 31.3 Å². The molecule has 0 spiro atoms. The zero-order chi connectivity index (χ0) is 92.9. The summed E-state index contributed by atoms with van der Waals surface area (Å²) in [5.74, 6) is 2.72. The van der Waals surface area contributed by atoms with Crippen molar-refractivity contribution < 1.29 is 19.2 Å². The SMILES string of the molecule is CC(=O)c1ccc(-c2cncc3[nH]c(-c4[nH]nc5ncc(-c6cccnc6)cc45)nc23)s1.CC(=O)c1ccc(-c2cncc3[nH]c(-c4[nH]nc5ncc(-c6cncc(N(C)C)c6)cc45)nc23)s1.CC(=O)c1ccc(-c2cncc3[nH]c(-c4[nH]nc5ncc(-c6cncc(N)c6)cc45)nc23)s1.CCNCc1cncc(-c2cnc3n[nH]c(-c4nc5c(-c6ccc(C(C)=O)s6)cncc5[nH]4)c3c2)c1. The number of rotatable bonds is 20. The molecule has 11 N–H and O–H groups in total. The number of thiophene rings is 4. The summed E-state index contributed by atoms with van der Waals surface area (Å²) in [6.45, 7) is 10.0. The molecule has 24 rings (SSSR count). The second-order valence-electron chi connectivity index (χ2n) is 31.8. The highest BCUT2D eigenvalue weighted by atomic mass is 32.1. The van der Waals surface area contributed by atoms with Gasteiger partial charge in [0.05, 0.1) is 105 Å². The van der Waals surface area contributed by atoms with Crippen LogP contribution in [0.1, 0.15) is 78.9 Å². The second kappa shape index (κ2) is 36.0. The maximum atomic E-state index is 11.8. The van der Waals surface area contributed by atoms with Crippen LogP contribution in [-0.4, -0.2) is 184 Å². The van der Waals surface area contributed by atoms with Gasteiger partial charge in [0, 0.05) is 200 Å². The first-order valence-corrected chi connectivity index (χ1v) is 45.7. The number of carbonyl (C=O) groups is 4. The van der Waals surface area contributed by atoms with Crippen LogP contribution in [0, 0.1) is 0 Å². The van der Waals surface area contributed by atoms with Crippen LogP contribution >= 0.6 is 45.3 Å². The predicted molar refractivity (Wildman–Crippen MR) is 529 cm³/mol. The molecule has 24 heterocycles. The van der Waals surface area contributed by atoms with Gasteiger partial charge in [-0.25, -0.2) is 39.9 Å². The zero-order valence-corrected chi connectivity index (χ0v) is 76.3. The molecule has 24 aromatic rings. The molecule has 0 radical (unpaired) electrons. The predicted octanol–water partition coefficient (Wildman–Crippen LogP) is 19.3. The van der Waals surface area contributed by atoms with E-state index in [0.717, 1.165) is 193 Å². The summed E-state index contributed by atoms with van der Waals surface area (Å²) in [4.78, 5) is 141. The van der Waals surface area contributed by atoms with E-state index in [9.17, 15) is 19.2 Å². The molecule has 0 aliphatic rings. The van der Waals surface area contributed by atoms with E-state index in [1.54, 1.807) is 121 Å². The van der Waals surface area contributed by atoms with E-state index >= 15 is 0 Å². The van der Waals surface area contributed by atoms with Gasteiger partial charge in [0.25, 0.3) is 0 Å². The van der Waals surface area contributed by atoms with Gasteiger partial charge in [-0.15, -0.1) is 45.3 Å². The van der Waals surface area contributed by atoms with Gasteiger partial charge in [-0.3, -0.25) is 79.4 Å². The highest BCUT2D eigenvalue weighted by Gasteiger charge is 2.25. The molecule has 39 heteroatoms. The standard InChI is InChI=1S/C26H22N8OS.C25H20N8OS.C23H16N8OS.C23H15N7OS/c1-3-27-8-15-6-16(10-28-9-15)17-7-18-24(33-34-25(18)30-11-17)26-31-20-13-29-12-19(23(20)32-26)22-5-4-21(36-22)14(2)35;1-13(34)20-4-5-21(35-20)18-11-27-12-19-22(18)30-25(29-19)23-17-7-15(9-28-24(17)32-31-23)14-6-16(33(2)3)10-26-8-14;1-11(32)18-2-3-19(33-18)16-9-26-10-17-20(16)29-23(28-17)21-15-5-13(7-27-22(15)31-30-21)12-4-14(24)8-25-6-12;1-12(31)18-4-5-19(32-18)16-10-25-11-17-20(16)28-23(27-17)21-15-7-14(9-26-22(15)30-29-21)13-3-2-6-24-8-13/h4-7,9-13,27H,3,8H2,1-2H3,(H,31,32)(H,30,33,34);4-12H,1-3H3,(H,29,30)(H,28,31,32);2-10H,24H2,1H3,(H,28,29)(H,27,30,31);2-11H,1H3,(H,27,28)(H,26,29,30). The molecular weight excluding hydrogens is 1790 g/mol. The number of H-pyrrole nitrogens is 8. The minimum Gasteiger partial charge on any atom is -0.397 e. The molecule has 0 saturated carbocycles. The normalized spacial score (nSPS) is 11.4. The zero-order valence-electron chi connectivity index (χ0n) is 73.0. The summed E-state index contributed by atoms with van der Waals surface area (Å²) < 4.78 is 0. The number of fused-ring (bicyclic) bond motifs is 8. The summed E-state index contributed by atoms with van der Waals surface area (Å²) in [5.41, 5.74) is 31.2. The van der Waals surface area contributed by atoms with Crippen LogP contribution in [0.4, 0.5) is 11.4 Å². The molecule has 0 fully saturated rings. The van der Waals surface area contributed by atoms with E-state index in [1.165, 1.54) is 45.3 Å². The molecule has 24 aromatic heterocycles. The molecule has 0 saturated heterocycles. The van der Waals surface area contributed by atoms with E-state index in [0.29, 0.717) is 76.8 Å². The quantitative estimate of drug-likeness (QED) is 0.0317. The molecule has 0 aliphatic heterocycles. The number of hydrogen-bond acceptors (Lipinski definition) is 31. The third-order valence-electron chi connectivity index (χ3n) is 22.4. The minimum atomic E-state index is 0.0386. The summed E-state index contributed by atoms with van der Waals surface area (Å²) in [5, 5.41) is 36.4. The number of aromatic amines is 8. The molecule has 35 nitrogen and oxygen atoms in total. The van der Waals surface area contributed by atoms with Crippen molar-refractivity contribution in [3.8, 4) is 132 Å².